The van der Waals surface area contributed by atoms with E-state index in [1.165, 1.54) is 21.5 Å². The number of sulfonamides is 1. The smallest absolute Gasteiger partial charge is 0.253 e. The van der Waals surface area contributed by atoms with Gasteiger partial charge in [0, 0.05) is 70.9 Å². The number of rotatable bonds is 5. The molecule has 1 amide bonds. The van der Waals surface area contributed by atoms with Crippen LogP contribution in [-0.2, 0) is 23.0 Å². The quantitative estimate of drug-likeness (QED) is 0.641. The molecular weight excluding hydrogens is 452 g/mol. The van der Waals surface area contributed by atoms with Gasteiger partial charge in [-0.15, -0.1) is 0 Å². The minimum atomic E-state index is -3.60. The fourth-order valence-corrected chi connectivity index (χ4v) is 6.32. The summed E-state index contributed by atoms with van der Waals surface area (Å²) in [5.74, 6) is 0.890. The number of hydrogen-bond donors (Lipinski definition) is 0. The van der Waals surface area contributed by atoms with Crippen molar-refractivity contribution < 1.29 is 17.9 Å². The monoisotopic (exact) mass is 484 g/mol. The van der Waals surface area contributed by atoms with E-state index in [1.54, 1.807) is 18.2 Å². The lowest BCUT2D eigenvalue weighted by molar-refractivity contribution is 0.0628. The van der Waals surface area contributed by atoms with Gasteiger partial charge in [-0.1, -0.05) is 18.2 Å². The fourth-order valence-electron chi connectivity index (χ4n) is 4.86. The number of ether oxygens (including phenoxy) is 1. The zero-order valence-electron chi connectivity index (χ0n) is 19.6. The highest BCUT2D eigenvalue weighted by Gasteiger charge is 2.29. The van der Waals surface area contributed by atoms with Crippen LogP contribution in [0.3, 0.4) is 0 Å². The van der Waals surface area contributed by atoms with Gasteiger partial charge in [-0.25, -0.2) is 8.42 Å². The number of hydrogen-bond acceptors (Lipinski definition) is 6. The van der Waals surface area contributed by atoms with E-state index in [-0.39, 0.29) is 10.8 Å². The van der Waals surface area contributed by atoms with Gasteiger partial charge in [-0.2, -0.15) is 4.31 Å². The van der Waals surface area contributed by atoms with E-state index in [9.17, 15) is 13.2 Å². The largest absolute Gasteiger partial charge is 0.493 e. The molecule has 2 fully saturated rings. The second-order valence-corrected chi connectivity index (χ2v) is 11.3. The average Bonchev–Trinajstić information content (AvgIpc) is 3.32. The van der Waals surface area contributed by atoms with Crippen LogP contribution in [0.2, 0.25) is 0 Å². The SMILES string of the molecule is CN1CCN(S(=O)(=O)c2cccc(C(=O)N3CCN(Cc4ccc5c(c4)CCO5)CC3)c2)CC1. The van der Waals surface area contributed by atoms with Crippen LogP contribution in [0.5, 0.6) is 5.75 Å². The maximum atomic E-state index is 13.2. The lowest BCUT2D eigenvalue weighted by atomic mass is 10.1. The molecule has 0 N–H and O–H groups in total. The first kappa shape index (κ1) is 23.3. The van der Waals surface area contributed by atoms with E-state index in [4.69, 9.17) is 4.74 Å². The number of amides is 1. The number of likely N-dealkylation sites (N-methyl/N-ethyl adjacent to an activating group) is 1. The average molecular weight is 485 g/mol. The Labute approximate surface area is 201 Å². The topological polar surface area (TPSA) is 73.4 Å². The summed E-state index contributed by atoms with van der Waals surface area (Å²) in [6.45, 7) is 6.81. The van der Waals surface area contributed by atoms with E-state index in [1.807, 2.05) is 11.9 Å². The maximum Gasteiger partial charge on any atom is 0.253 e. The van der Waals surface area contributed by atoms with Crippen molar-refractivity contribution in [1.82, 2.24) is 19.0 Å². The summed E-state index contributed by atoms with van der Waals surface area (Å²) in [6.07, 6.45) is 0.967. The molecule has 0 bridgehead atoms. The van der Waals surface area contributed by atoms with Gasteiger partial charge in [-0.3, -0.25) is 9.69 Å². The van der Waals surface area contributed by atoms with Crippen molar-refractivity contribution >= 4 is 15.9 Å². The molecule has 3 aliphatic heterocycles. The summed E-state index contributed by atoms with van der Waals surface area (Å²) in [5, 5.41) is 0. The van der Waals surface area contributed by atoms with Crippen molar-refractivity contribution in [2.75, 3.05) is 66.0 Å². The second kappa shape index (κ2) is 9.65. The standard InChI is InChI=1S/C25H32N4O4S/c1-26-8-14-29(15-9-26)34(31,32)23-4-2-3-22(18-23)25(30)28-12-10-27(11-13-28)19-20-5-6-24-21(17-20)7-16-33-24/h2-6,17-18H,7-16,19H2,1H3. The molecule has 0 atom stereocenters. The Bertz CT molecular complexity index is 1150. The molecule has 0 saturated carbocycles. The van der Waals surface area contributed by atoms with Gasteiger partial charge in [0.15, 0.2) is 0 Å². The van der Waals surface area contributed by atoms with E-state index in [0.717, 1.165) is 38.4 Å². The molecule has 0 spiro atoms. The van der Waals surface area contributed by atoms with Crippen molar-refractivity contribution in [2.24, 2.45) is 0 Å². The molecule has 2 aromatic rings. The van der Waals surface area contributed by atoms with Crippen LogP contribution in [0, 0.1) is 0 Å². The molecule has 8 nitrogen and oxygen atoms in total. The first-order valence-electron chi connectivity index (χ1n) is 12.0. The molecule has 0 aromatic heterocycles. The van der Waals surface area contributed by atoms with Crippen LogP contribution in [-0.4, -0.2) is 99.3 Å². The van der Waals surface area contributed by atoms with Crippen LogP contribution in [0.15, 0.2) is 47.4 Å². The number of carbonyl (C=O) groups excluding carboxylic acids is 1. The Morgan fingerprint density at radius 2 is 1.71 bits per heavy atom. The molecule has 0 unspecified atom stereocenters. The Kier molecular flexibility index (Phi) is 6.61. The van der Waals surface area contributed by atoms with Crippen LogP contribution in [0.1, 0.15) is 21.5 Å². The Morgan fingerprint density at radius 3 is 2.47 bits per heavy atom. The zero-order chi connectivity index (χ0) is 23.7. The van der Waals surface area contributed by atoms with Gasteiger partial charge in [0.2, 0.25) is 10.0 Å². The highest BCUT2D eigenvalue weighted by Crippen LogP contribution is 2.26. The summed E-state index contributed by atoms with van der Waals surface area (Å²) in [7, 11) is -1.61. The van der Waals surface area contributed by atoms with Gasteiger partial charge in [0.1, 0.15) is 5.75 Å². The number of piperazine rings is 2. The van der Waals surface area contributed by atoms with E-state index < -0.39 is 10.0 Å². The van der Waals surface area contributed by atoms with E-state index in [2.05, 4.69) is 28.0 Å². The Morgan fingerprint density at radius 1 is 0.941 bits per heavy atom. The van der Waals surface area contributed by atoms with Gasteiger partial charge in [0.25, 0.3) is 5.91 Å². The predicted octanol–water partition coefficient (Wildman–Crippen LogP) is 1.52. The van der Waals surface area contributed by atoms with Gasteiger partial charge >= 0.3 is 0 Å². The minimum Gasteiger partial charge on any atom is -0.493 e. The van der Waals surface area contributed by atoms with Crippen molar-refractivity contribution in [3.8, 4) is 5.75 Å². The molecule has 3 aliphatic rings. The molecule has 34 heavy (non-hydrogen) atoms. The van der Waals surface area contributed by atoms with Crippen molar-refractivity contribution in [1.29, 1.82) is 0 Å². The molecule has 5 rings (SSSR count). The molecule has 9 heteroatoms. The Hall–Kier alpha value is -2.46. The van der Waals surface area contributed by atoms with Crippen LogP contribution >= 0.6 is 0 Å². The molecule has 182 valence electrons. The Balaban J connectivity index is 1.20. The van der Waals surface area contributed by atoms with Crippen molar-refractivity contribution in [3.63, 3.8) is 0 Å². The minimum absolute atomic E-state index is 0.107. The van der Waals surface area contributed by atoms with Crippen LogP contribution in [0.25, 0.3) is 0 Å². The zero-order valence-corrected chi connectivity index (χ0v) is 20.5. The fraction of sp³-hybridized carbons (Fsp3) is 0.480. The van der Waals surface area contributed by atoms with Gasteiger partial charge < -0.3 is 14.5 Å². The summed E-state index contributed by atoms with van der Waals surface area (Å²) in [5.41, 5.74) is 2.98. The second-order valence-electron chi connectivity index (χ2n) is 9.34. The molecule has 0 aliphatic carbocycles. The van der Waals surface area contributed by atoms with E-state index >= 15 is 0 Å². The van der Waals surface area contributed by atoms with Crippen LogP contribution < -0.4 is 4.74 Å². The first-order valence-corrected chi connectivity index (χ1v) is 13.4. The van der Waals surface area contributed by atoms with Crippen LogP contribution in [0.4, 0.5) is 0 Å². The third-order valence-corrected chi connectivity index (χ3v) is 8.90. The molecule has 3 heterocycles. The third-order valence-electron chi connectivity index (χ3n) is 7.00. The normalized spacial score (nSPS) is 20.2. The lowest BCUT2D eigenvalue weighted by Crippen LogP contribution is -2.48. The molecule has 2 aromatic carbocycles. The molecule has 2 saturated heterocycles. The van der Waals surface area contributed by atoms with Crippen molar-refractivity contribution in [3.05, 3.63) is 59.2 Å². The maximum absolute atomic E-state index is 13.2. The number of nitrogens with zero attached hydrogens (tertiary/aromatic N) is 4. The highest BCUT2D eigenvalue weighted by molar-refractivity contribution is 7.89. The van der Waals surface area contributed by atoms with E-state index in [0.29, 0.717) is 44.8 Å². The number of fused-ring (bicyclic) bond motifs is 1. The summed E-state index contributed by atoms with van der Waals surface area (Å²) >= 11 is 0. The highest BCUT2D eigenvalue weighted by atomic mass is 32.2. The predicted molar refractivity (Wildman–Crippen MR) is 130 cm³/mol. The lowest BCUT2D eigenvalue weighted by Gasteiger charge is -2.35. The summed E-state index contributed by atoms with van der Waals surface area (Å²) in [4.78, 5) is 19.7. The molecular formula is C25H32N4O4S. The number of carbonyl (C=O) groups is 1. The first-order chi connectivity index (χ1) is 16.4. The third kappa shape index (κ3) is 4.84. The van der Waals surface area contributed by atoms with Gasteiger partial charge in [-0.05, 0) is 42.4 Å². The van der Waals surface area contributed by atoms with Gasteiger partial charge in [0.05, 0.1) is 11.5 Å². The molecule has 0 radical (unpaired) electrons. The summed E-state index contributed by atoms with van der Waals surface area (Å²) < 4.78 is 33.3. The van der Waals surface area contributed by atoms with Crippen molar-refractivity contribution in [2.45, 2.75) is 17.9 Å². The number of benzene rings is 2. The summed E-state index contributed by atoms with van der Waals surface area (Å²) in [6, 6.07) is 12.9.